The Labute approximate surface area is 142 Å². The van der Waals surface area contributed by atoms with E-state index in [-0.39, 0.29) is 18.4 Å². The van der Waals surface area contributed by atoms with Crippen molar-refractivity contribution in [3.8, 4) is 5.75 Å². The average molecular weight is 339 g/mol. The van der Waals surface area contributed by atoms with Gasteiger partial charge < -0.3 is 14.6 Å². The van der Waals surface area contributed by atoms with Gasteiger partial charge in [-0.3, -0.25) is 4.90 Å². The molecule has 0 amide bonds. The number of nitrogens with zero attached hydrogens (tertiary/aromatic N) is 3. The summed E-state index contributed by atoms with van der Waals surface area (Å²) in [5.74, 6) is 2.34. The van der Waals surface area contributed by atoms with E-state index in [2.05, 4.69) is 33.5 Å². The van der Waals surface area contributed by atoms with E-state index in [0.717, 1.165) is 44.0 Å². The van der Waals surface area contributed by atoms with E-state index in [1.54, 1.807) is 7.11 Å². The van der Waals surface area contributed by atoms with E-state index in [4.69, 9.17) is 9.26 Å². The molecule has 0 radical (unpaired) electrons. The number of nitrogens with one attached hydrogen (secondary N) is 1. The SMILES string of the molecule is COc1cccc(CCc2nc(C3CNCCN3C)no2)c1.Cl. The number of hydrogen-bond acceptors (Lipinski definition) is 6. The monoisotopic (exact) mass is 338 g/mol. The zero-order valence-electron chi connectivity index (χ0n) is 13.5. The van der Waals surface area contributed by atoms with Crippen LogP contribution in [0.1, 0.15) is 23.3 Å². The van der Waals surface area contributed by atoms with Crippen LogP contribution in [-0.2, 0) is 12.8 Å². The maximum Gasteiger partial charge on any atom is 0.227 e. The summed E-state index contributed by atoms with van der Waals surface area (Å²) in [6.45, 7) is 2.87. The molecule has 1 aliphatic heterocycles. The van der Waals surface area contributed by atoms with Crippen molar-refractivity contribution in [2.45, 2.75) is 18.9 Å². The van der Waals surface area contributed by atoms with Gasteiger partial charge in [-0.15, -0.1) is 12.4 Å². The molecule has 0 bridgehead atoms. The minimum Gasteiger partial charge on any atom is -0.497 e. The first-order valence-corrected chi connectivity index (χ1v) is 7.62. The lowest BCUT2D eigenvalue weighted by Gasteiger charge is -2.30. The molecule has 1 aliphatic rings. The van der Waals surface area contributed by atoms with E-state index < -0.39 is 0 Å². The van der Waals surface area contributed by atoms with E-state index in [9.17, 15) is 0 Å². The number of likely N-dealkylation sites (N-methyl/N-ethyl adjacent to an activating group) is 1. The van der Waals surface area contributed by atoms with Crippen molar-refractivity contribution in [1.29, 1.82) is 0 Å². The highest BCUT2D eigenvalue weighted by Crippen LogP contribution is 2.19. The van der Waals surface area contributed by atoms with Crippen LogP contribution in [0.2, 0.25) is 0 Å². The quantitative estimate of drug-likeness (QED) is 0.898. The van der Waals surface area contributed by atoms with Crippen LogP contribution in [0.4, 0.5) is 0 Å². The normalized spacial score (nSPS) is 18.4. The third kappa shape index (κ3) is 4.43. The highest BCUT2D eigenvalue weighted by Gasteiger charge is 2.25. The van der Waals surface area contributed by atoms with Crippen molar-refractivity contribution in [3.05, 3.63) is 41.5 Å². The summed E-state index contributed by atoms with van der Waals surface area (Å²) in [5, 5.41) is 7.51. The molecule has 126 valence electrons. The van der Waals surface area contributed by atoms with E-state index >= 15 is 0 Å². The summed E-state index contributed by atoms with van der Waals surface area (Å²) in [4.78, 5) is 6.81. The fraction of sp³-hybridized carbons (Fsp3) is 0.500. The number of piperazine rings is 1. The molecule has 1 atom stereocenters. The van der Waals surface area contributed by atoms with Gasteiger partial charge in [-0.2, -0.15) is 4.98 Å². The fourth-order valence-electron chi connectivity index (χ4n) is 2.68. The molecular weight excluding hydrogens is 316 g/mol. The number of benzene rings is 1. The summed E-state index contributed by atoms with van der Waals surface area (Å²) in [6.07, 6.45) is 1.60. The van der Waals surface area contributed by atoms with Gasteiger partial charge >= 0.3 is 0 Å². The lowest BCUT2D eigenvalue weighted by atomic mass is 10.1. The molecule has 1 aromatic carbocycles. The Morgan fingerprint density at radius 2 is 2.26 bits per heavy atom. The van der Waals surface area contributed by atoms with Crippen molar-refractivity contribution in [2.24, 2.45) is 0 Å². The largest absolute Gasteiger partial charge is 0.497 e. The van der Waals surface area contributed by atoms with Gasteiger partial charge in [-0.1, -0.05) is 17.3 Å². The average Bonchev–Trinajstić information content (AvgIpc) is 3.02. The Hall–Kier alpha value is -1.63. The van der Waals surface area contributed by atoms with Crippen LogP contribution >= 0.6 is 12.4 Å². The summed E-state index contributed by atoms with van der Waals surface area (Å²) in [6, 6.07) is 8.26. The molecule has 2 aromatic rings. The first kappa shape index (κ1) is 17.7. The second-order valence-electron chi connectivity index (χ2n) is 5.60. The van der Waals surface area contributed by atoms with Gasteiger partial charge in [0.05, 0.1) is 13.2 Å². The van der Waals surface area contributed by atoms with Crippen molar-refractivity contribution in [3.63, 3.8) is 0 Å². The number of halogens is 1. The molecule has 1 fully saturated rings. The highest BCUT2D eigenvalue weighted by atomic mass is 35.5. The van der Waals surface area contributed by atoms with Crippen LogP contribution in [0.3, 0.4) is 0 Å². The molecule has 23 heavy (non-hydrogen) atoms. The number of hydrogen-bond donors (Lipinski definition) is 1. The van der Waals surface area contributed by atoms with Gasteiger partial charge in [0.25, 0.3) is 0 Å². The first-order valence-electron chi connectivity index (χ1n) is 7.62. The summed E-state index contributed by atoms with van der Waals surface area (Å²) >= 11 is 0. The van der Waals surface area contributed by atoms with Crippen LogP contribution < -0.4 is 10.1 Å². The Morgan fingerprint density at radius 1 is 1.39 bits per heavy atom. The summed E-state index contributed by atoms with van der Waals surface area (Å²) < 4.78 is 10.6. The maximum atomic E-state index is 5.40. The molecule has 1 saturated heterocycles. The van der Waals surface area contributed by atoms with Crippen LogP contribution in [0.5, 0.6) is 5.75 Å². The minimum atomic E-state index is 0. The third-order valence-electron chi connectivity index (χ3n) is 4.05. The topological polar surface area (TPSA) is 63.4 Å². The zero-order chi connectivity index (χ0) is 15.4. The van der Waals surface area contributed by atoms with E-state index in [1.165, 1.54) is 5.56 Å². The van der Waals surface area contributed by atoms with Gasteiger partial charge in [-0.05, 0) is 31.2 Å². The molecular formula is C16H23ClN4O2. The first-order chi connectivity index (χ1) is 10.8. The van der Waals surface area contributed by atoms with Crippen LogP contribution in [0.25, 0.3) is 0 Å². The van der Waals surface area contributed by atoms with Gasteiger partial charge in [0.15, 0.2) is 5.82 Å². The highest BCUT2D eigenvalue weighted by molar-refractivity contribution is 5.85. The van der Waals surface area contributed by atoms with E-state index in [0.29, 0.717) is 5.89 Å². The van der Waals surface area contributed by atoms with Crippen molar-refractivity contribution in [1.82, 2.24) is 20.4 Å². The Kier molecular flexibility index (Phi) is 6.38. The smallest absolute Gasteiger partial charge is 0.227 e. The molecule has 1 unspecified atom stereocenters. The Balaban J connectivity index is 0.00000192. The minimum absolute atomic E-state index is 0. The molecule has 6 nitrogen and oxygen atoms in total. The van der Waals surface area contributed by atoms with Crippen molar-refractivity contribution < 1.29 is 9.26 Å². The fourth-order valence-corrected chi connectivity index (χ4v) is 2.68. The number of ether oxygens (including phenoxy) is 1. The maximum absolute atomic E-state index is 5.40. The molecule has 7 heteroatoms. The summed E-state index contributed by atoms with van der Waals surface area (Å²) in [7, 11) is 3.77. The van der Waals surface area contributed by atoms with Crippen LogP contribution in [0, 0.1) is 0 Å². The molecule has 0 spiro atoms. The van der Waals surface area contributed by atoms with E-state index in [1.807, 2.05) is 18.2 Å². The van der Waals surface area contributed by atoms with Gasteiger partial charge in [0, 0.05) is 26.1 Å². The number of methoxy groups -OCH3 is 1. The number of aryl methyl sites for hydroxylation is 2. The molecule has 3 rings (SSSR count). The predicted molar refractivity (Wildman–Crippen MR) is 90.2 cm³/mol. The lowest BCUT2D eigenvalue weighted by Crippen LogP contribution is -2.44. The van der Waals surface area contributed by atoms with Crippen molar-refractivity contribution in [2.75, 3.05) is 33.8 Å². The summed E-state index contributed by atoms with van der Waals surface area (Å²) in [5.41, 5.74) is 1.20. The number of rotatable bonds is 5. The Bertz CT molecular complexity index is 620. The van der Waals surface area contributed by atoms with Crippen molar-refractivity contribution >= 4 is 12.4 Å². The van der Waals surface area contributed by atoms with Gasteiger partial charge in [0.1, 0.15) is 5.75 Å². The van der Waals surface area contributed by atoms with Gasteiger partial charge in [-0.25, -0.2) is 0 Å². The van der Waals surface area contributed by atoms with Gasteiger partial charge in [0.2, 0.25) is 5.89 Å². The molecule has 0 aliphatic carbocycles. The number of aromatic nitrogens is 2. The zero-order valence-corrected chi connectivity index (χ0v) is 14.3. The van der Waals surface area contributed by atoms with Crippen LogP contribution in [0.15, 0.2) is 28.8 Å². The predicted octanol–water partition coefficient (Wildman–Crippen LogP) is 1.86. The Morgan fingerprint density at radius 3 is 3.04 bits per heavy atom. The molecule has 1 N–H and O–H groups in total. The van der Waals surface area contributed by atoms with Crippen LogP contribution in [-0.4, -0.2) is 48.8 Å². The second kappa shape index (κ2) is 8.29. The molecule has 1 aromatic heterocycles. The molecule has 0 saturated carbocycles. The molecule has 2 heterocycles. The third-order valence-corrected chi connectivity index (χ3v) is 4.05. The lowest BCUT2D eigenvalue weighted by molar-refractivity contribution is 0.190. The standard InChI is InChI=1S/C16H22N4O2.ClH/c1-20-9-8-17-11-14(20)16-18-15(22-19-16)7-6-12-4-3-5-13(10-12)21-2;/h3-5,10,14,17H,6-9,11H2,1-2H3;1H. The second-order valence-corrected chi connectivity index (χ2v) is 5.60.